The van der Waals surface area contributed by atoms with Gasteiger partial charge in [-0.25, -0.2) is 8.78 Å². The molecule has 0 heterocycles. The minimum atomic E-state index is -1.78. The third kappa shape index (κ3) is 4.88. The summed E-state index contributed by atoms with van der Waals surface area (Å²) >= 11 is 0. The molecule has 0 unspecified atom stereocenters. The molecule has 0 bridgehead atoms. The number of carbonyl (C=O) groups excluding carboxylic acids is 1. The third-order valence-electron chi connectivity index (χ3n) is 4.00. The molecule has 1 rings (SSSR count). The molecule has 0 atom stereocenters. The van der Waals surface area contributed by atoms with Gasteiger partial charge in [-0.2, -0.15) is 0 Å². The first-order valence-corrected chi connectivity index (χ1v) is 10.2. The highest BCUT2D eigenvalue weighted by molar-refractivity contribution is 6.74. The predicted molar refractivity (Wildman–Crippen MR) is 85.0 cm³/mol. The monoisotopic (exact) mass is 330 g/mol. The van der Waals surface area contributed by atoms with Crippen molar-refractivity contribution in [2.45, 2.75) is 45.3 Å². The van der Waals surface area contributed by atoms with Crippen LogP contribution in [-0.2, 0) is 4.43 Å². The molecule has 0 N–H and O–H groups in total. The van der Waals surface area contributed by atoms with Crippen LogP contribution in [0.4, 0.5) is 8.78 Å². The zero-order valence-corrected chi connectivity index (χ0v) is 14.8. The van der Waals surface area contributed by atoms with Gasteiger partial charge >= 0.3 is 0 Å². The number of hydrogen-bond acceptors (Lipinski definition) is 3. The van der Waals surface area contributed by atoms with E-state index in [1.807, 2.05) is 0 Å². The minimum absolute atomic E-state index is 0.0768. The fourth-order valence-corrected chi connectivity index (χ4v) is 2.64. The summed E-state index contributed by atoms with van der Waals surface area (Å²) in [4.78, 5) is 10.5. The Labute approximate surface area is 131 Å². The van der Waals surface area contributed by atoms with Crippen molar-refractivity contribution in [3.8, 4) is 5.75 Å². The van der Waals surface area contributed by atoms with Crippen molar-refractivity contribution in [2.75, 3.05) is 13.2 Å². The van der Waals surface area contributed by atoms with Gasteiger partial charge in [0, 0.05) is 25.2 Å². The zero-order chi connectivity index (χ0) is 17.0. The Morgan fingerprint density at radius 1 is 1.14 bits per heavy atom. The van der Waals surface area contributed by atoms with Crippen LogP contribution in [0.15, 0.2) is 12.1 Å². The summed E-state index contributed by atoms with van der Waals surface area (Å²) in [6.45, 7) is 11.7. The van der Waals surface area contributed by atoms with Crippen molar-refractivity contribution in [3.05, 3.63) is 29.3 Å². The van der Waals surface area contributed by atoms with Crippen LogP contribution in [0.3, 0.4) is 0 Å². The van der Waals surface area contributed by atoms with E-state index in [0.29, 0.717) is 19.6 Å². The third-order valence-corrected chi connectivity index (χ3v) is 8.54. The van der Waals surface area contributed by atoms with E-state index in [4.69, 9.17) is 9.16 Å². The SMILES string of the molecule is CC(C)(C)[Si](C)(C)OCCCOc1cc(F)c(C=O)c(F)c1. The van der Waals surface area contributed by atoms with E-state index in [0.717, 1.165) is 12.1 Å². The zero-order valence-electron chi connectivity index (χ0n) is 13.8. The van der Waals surface area contributed by atoms with E-state index in [1.165, 1.54) is 0 Å². The number of benzene rings is 1. The summed E-state index contributed by atoms with van der Waals surface area (Å²) in [6.07, 6.45) is 0.784. The summed E-state index contributed by atoms with van der Waals surface area (Å²) < 4.78 is 38.1. The fraction of sp³-hybridized carbons (Fsp3) is 0.562. The van der Waals surface area contributed by atoms with Crippen molar-refractivity contribution in [1.29, 1.82) is 0 Å². The van der Waals surface area contributed by atoms with Crippen LogP contribution in [0.1, 0.15) is 37.6 Å². The van der Waals surface area contributed by atoms with Gasteiger partial charge in [-0.3, -0.25) is 4.79 Å². The van der Waals surface area contributed by atoms with Crippen molar-refractivity contribution in [2.24, 2.45) is 0 Å². The van der Waals surface area contributed by atoms with Gasteiger partial charge in [0.05, 0.1) is 12.2 Å². The van der Waals surface area contributed by atoms with E-state index < -0.39 is 25.5 Å². The fourth-order valence-electron chi connectivity index (χ4n) is 1.55. The average molecular weight is 330 g/mol. The van der Waals surface area contributed by atoms with Gasteiger partial charge in [0.2, 0.25) is 0 Å². The van der Waals surface area contributed by atoms with Gasteiger partial charge in [0.25, 0.3) is 0 Å². The Balaban J connectivity index is 2.45. The number of carbonyl (C=O) groups is 1. The van der Waals surface area contributed by atoms with Crippen LogP contribution in [0, 0.1) is 11.6 Å². The molecule has 0 radical (unpaired) electrons. The Hall–Kier alpha value is -1.27. The van der Waals surface area contributed by atoms with Crippen LogP contribution >= 0.6 is 0 Å². The molecule has 0 amide bonds. The number of rotatable bonds is 7. The smallest absolute Gasteiger partial charge is 0.191 e. The minimum Gasteiger partial charge on any atom is -0.493 e. The lowest BCUT2D eigenvalue weighted by molar-refractivity contribution is 0.111. The molecule has 0 aliphatic heterocycles. The van der Waals surface area contributed by atoms with Crippen molar-refractivity contribution < 1.29 is 22.7 Å². The molecule has 1 aromatic carbocycles. The Morgan fingerprint density at radius 2 is 1.68 bits per heavy atom. The highest BCUT2D eigenvalue weighted by atomic mass is 28.4. The second-order valence-corrected chi connectivity index (χ2v) is 11.5. The summed E-state index contributed by atoms with van der Waals surface area (Å²) in [5.41, 5.74) is -0.575. The van der Waals surface area contributed by atoms with Gasteiger partial charge < -0.3 is 9.16 Å². The number of ether oxygens (including phenoxy) is 1. The highest BCUT2D eigenvalue weighted by Crippen LogP contribution is 2.36. The van der Waals surface area contributed by atoms with E-state index in [1.54, 1.807) is 0 Å². The molecule has 6 heteroatoms. The maximum Gasteiger partial charge on any atom is 0.191 e. The van der Waals surface area contributed by atoms with E-state index in [-0.39, 0.29) is 17.1 Å². The first kappa shape index (κ1) is 18.8. The van der Waals surface area contributed by atoms with Crippen molar-refractivity contribution in [1.82, 2.24) is 0 Å². The Bertz CT molecular complexity index is 502. The standard InChI is InChI=1S/C16H24F2O3Si/c1-16(2,3)22(4,5)21-8-6-7-20-12-9-14(17)13(11-19)15(18)10-12/h9-11H,6-8H2,1-5H3. The molecule has 1 aromatic rings. The van der Waals surface area contributed by atoms with Crippen LogP contribution in [0.2, 0.25) is 18.1 Å². The van der Waals surface area contributed by atoms with Gasteiger partial charge in [0.1, 0.15) is 17.4 Å². The van der Waals surface area contributed by atoms with Gasteiger partial charge in [-0.15, -0.1) is 0 Å². The van der Waals surface area contributed by atoms with Gasteiger partial charge in [-0.05, 0) is 18.1 Å². The summed E-state index contributed by atoms with van der Waals surface area (Å²) in [5.74, 6) is -1.75. The highest BCUT2D eigenvalue weighted by Gasteiger charge is 2.36. The first-order valence-electron chi connectivity index (χ1n) is 7.29. The number of halogens is 2. The van der Waals surface area contributed by atoms with Crippen LogP contribution < -0.4 is 4.74 Å². The van der Waals surface area contributed by atoms with Gasteiger partial charge in [-0.1, -0.05) is 20.8 Å². The molecular weight excluding hydrogens is 306 g/mol. The van der Waals surface area contributed by atoms with Gasteiger partial charge in [0.15, 0.2) is 14.6 Å². The summed E-state index contributed by atoms with van der Waals surface area (Å²) in [5, 5.41) is 0.144. The second kappa shape index (κ2) is 7.33. The molecule has 0 fully saturated rings. The van der Waals surface area contributed by atoms with Crippen molar-refractivity contribution >= 4 is 14.6 Å². The number of aldehydes is 1. The normalized spacial score (nSPS) is 12.3. The topological polar surface area (TPSA) is 35.5 Å². The molecule has 0 aromatic heterocycles. The largest absolute Gasteiger partial charge is 0.493 e. The summed E-state index contributed by atoms with van der Waals surface area (Å²) in [6, 6.07) is 2.03. The van der Waals surface area contributed by atoms with Crippen molar-refractivity contribution in [3.63, 3.8) is 0 Å². The van der Waals surface area contributed by atoms with E-state index in [2.05, 4.69) is 33.9 Å². The lowest BCUT2D eigenvalue weighted by Gasteiger charge is -2.36. The molecule has 0 saturated heterocycles. The van der Waals surface area contributed by atoms with E-state index >= 15 is 0 Å². The van der Waals surface area contributed by atoms with Crippen LogP contribution in [-0.4, -0.2) is 27.8 Å². The first-order chi connectivity index (χ1) is 10.1. The average Bonchev–Trinajstić information content (AvgIpc) is 2.36. The van der Waals surface area contributed by atoms with E-state index in [9.17, 15) is 13.6 Å². The lowest BCUT2D eigenvalue weighted by Crippen LogP contribution is -2.41. The Kier molecular flexibility index (Phi) is 6.25. The van der Waals surface area contributed by atoms with Crippen LogP contribution in [0.25, 0.3) is 0 Å². The quantitative estimate of drug-likeness (QED) is 0.417. The Morgan fingerprint density at radius 3 is 2.14 bits per heavy atom. The molecular formula is C16H24F2O3Si. The molecule has 22 heavy (non-hydrogen) atoms. The molecule has 3 nitrogen and oxygen atoms in total. The maximum atomic E-state index is 13.4. The van der Waals surface area contributed by atoms with Crippen LogP contribution in [0.5, 0.6) is 5.75 Å². The lowest BCUT2D eigenvalue weighted by atomic mass is 10.2. The number of hydrogen-bond donors (Lipinski definition) is 0. The molecule has 0 aliphatic rings. The maximum absolute atomic E-state index is 13.4. The summed E-state index contributed by atoms with van der Waals surface area (Å²) in [7, 11) is -1.78. The molecule has 0 saturated carbocycles. The predicted octanol–water partition coefficient (Wildman–Crippen LogP) is 4.57. The molecule has 0 spiro atoms. The molecule has 0 aliphatic carbocycles. The second-order valence-electron chi connectivity index (χ2n) is 6.73. The molecule has 124 valence electrons.